The number of hydrogen-bond donors (Lipinski definition) is 0. The summed E-state index contributed by atoms with van der Waals surface area (Å²) in [6.07, 6.45) is 7.50. The van der Waals surface area contributed by atoms with Crippen LogP contribution in [-0.4, -0.2) is 0 Å². The topological polar surface area (TPSA) is 0 Å². The van der Waals surface area contributed by atoms with E-state index < -0.39 is 0 Å². The molecule has 0 rings (SSSR count). The van der Waals surface area contributed by atoms with Gasteiger partial charge in [0.25, 0.3) is 0 Å². The van der Waals surface area contributed by atoms with Gasteiger partial charge in [-0.25, -0.2) is 0 Å². The zero-order chi connectivity index (χ0) is 16.2. The molecule has 0 aromatic heterocycles. The maximum atomic E-state index is 2.12. The molecule has 0 atom stereocenters. The monoisotopic (exact) mass is 312 g/mol. The molecule has 144 valence electrons. The molecule has 0 heterocycles. The minimum atomic E-state index is 0. The van der Waals surface area contributed by atoms with E-state index in [-0.39, 0.29) is 22.3 Å². The summed E-state index contributed by atoms with van der Waals surface area (Å²) in [5, 5.41) is 0. The molecule has 0 heteroatoms. The summed E-state index contributed by atoms with van der Waals surface area (Å²) >= 11 is 0. The predicted octanol–water partition coefficient (Wildman–Crippen LogP) is 10.4. The smallest absolute Gasteiger partial charge is 0.0590 e. The van der Waals surface area contributed by atoms with Crippen molar-refractivity contribution < 1.29 is 0 Å². The summed E-state index contributed by atoms with van der Waals surface area (Å²) in [5.74, 6) is 0. The van der Waals surface area contributed by atoms with Gasteiger partial charge in [-0.2, -0.15) is 0 Å². The lowest BCUT2D eigenvalue weighted by molar-refractivity contribution is 1.09. The standard InChI is InChI=1S/6C3H8.3CH4/c6*1-3-2;;;/h6*3H2,1-2H3;3*1H4. The Morgan fingerprint density at radius 1 is 0.238 bits per heavy atom. The maximum absolute atomic E-state index is 2.12. The highest BCUT2D eigenvalue weighted by Gasteiger charge is 1.37. The van der Waals surface area contributed by atoms with E-state index in [1.165, 1.54) is 38.5 Å². The van der Waals surface area contributed by atoms with Gasteiger partial charge in [-0.3, -0.25) is 0 Å². The van der Waals surface area contributed by atoms with Crippen LogP contribution < -0.4 is 0 Å². The fourth-order valence-corrected chi connectivity index (χ4v) is 0. The van der Waals surface area contributed by atoms with Crippen LogP contribution in [0.15, 0.2) is 0 Å². The molecule has 0 aliphatic rings. The highest BCUT2D eigenvalue weighted by atomic mass is 13.4. The highest BCUT2D eigenvalue weighted by Crippen LogP contribution is 1.57. The first-order valence-electron chi connectivity index (χ1n) is 8.49. The molecule has 0 amide bonds. The molecule has 21 heavy (non-hydrogen) atoms. The van der Waals surface area contributed by atoms with Gasteiger partial charge in [-0.15, -0.1) is 0 Å². The minimum Gasteiger partial charge on any atom is -0.0776 e. The zero-order valence-electron chi connectivity index (χ0n) is 16.2. The molecule has 0 aromatic carbocycles. The highest BCUT2D eigenvalue weighted by molar-refractivity contribution is 3.93. The van der Waals surface area contributed by atoms with Gasteiger partial charge in [-0.1, -0.05) is 144 Å². The van der Waals surface area contributed by atoms with E-state index in [0.717, 1.165) is 0 Å². The summed E-state index contributed by atoms with van der Waals surface area (Å²) in [5.41, 5.74) is 0. The lowest BCUT2D eigenvalue weighted by Gasteiger charge is -1.48. The lowest BCUT2D eigenvalue weighted by atomic mass is 10.6. The van der Waals surface area contributed by atoms with Crippen LogP contribution in [0.3, 0.4) is 0 Å². The van der Waals surface area contributed by atoms with Gasteiger partial charge in [0.1, 0.15) is 0 Å². The van der Waals surface area contributed by atoms with E-state index in [2.05, 4.69) is 83.1 Å². The number of rotatable bonds is 0. The Morgan fingerprint density at radius 2 is 0.238 bits per heavy atom. The van der Waals surface area contributed by atoms with Crippen molar-refractivity contribution in [1.29, 1.82) is 0 Å². The molecule has 0 radical (unpaired) electrons. The predicted molar refractivity (Wildman–Crippen MR) is 116 cm³/mol. The fourth-order valence-electron chi connectivity index (χ4n) is 0. The third-order valence-electron chi connectivity index (χ3n) is 0. The molecular weight excluding hydrogens is 252 g/mol. The second-order valence-corrected chi connectivity index (χ2v) is 4.24. The van der Waals surface area contributed by atoms with Crippen molar-refractivity contribution in [2.24, 2.45) is 0 Å². The second kappa shape index (κ2) is 201. The van der Waals surface area contributed by atoms with Crippen LogP contribution in [-0.2, 0) is 0 Å². The largest absolute Gasteiger partial charge is 0.0776 e. The average molecular weight is 313 g/mol. The second-order valence-electron chi connectivity index (χ2n) is 4.24. The Morgan fingerprint density at radius 3 is 0.238 bits per heavy atom. The van der Waals surface area contributed by atoms with Gasteiger partial charge in [0.15, 0.2) is 0 Å². The van der Waals surface area contributed by atoms with E-state index in [1.807, 2.05) is 0 Å². The maximum Gasteiger partial charge on any atom is -0.0590 e. The molecule has 0 aliphatic heterocycles. The molecule has 0 saturated carbocycles. The molecule has 0 nitrogen and oxygen atoms in total. The van der Waals surface area contributed by atoms with Crippen molar-refractivity contribution in [3.8, 4) is 0 Å². The molecule has 0 unspecified atom stereocenters. The molecule has 0 bridgehead atoms. The first kappa shape index (κ1) is 58.3. The molecule has 0 saturated heterocycles. The van der Waals surface area contributed by atoms with Crippen LogP contribution >= 0.6 is 0 Å². The quantitative estimate of drug-likeness (QED) is 0.417. The molecule has 0 spiro atoms. The summed E-state index contributed by atoms with van der Waals surface area (Å²) in [6.45, 7) is 25.5. The Bertz CT molecular complexity index is 15.5. The van der Waals surface area contributed by atoms with Crippen LogP contribution in [0.5, 0.6) is 0 Å². The summed E-state index contributed by atoms with van der Waals surface area (Å²) in [6, 6.07) is 0. The molecule has 0 N–H and O–H groups in total. The van der Waals surface area contributed by atoms with Gasteiger partial charge in [0.2, 0.25) is 0 Å². The first-order chi connectivity index (χ1) is 8.49. The Hall–Kier alpha value is 0. The van der Waals surface area contributed by atoms with Crippen LogP contribution in [0.25, 0.3) is 0 Å². The molecule has 0 aromatic rings. The van der Waals surface area contributed by atoms with Crippen molar-refractivity contribution in [3.05, 3.63) is 0 Å². The minimum absolute atomic E-state index is 0. The molecule has 0 aliphatic carbocycles. The Kier molecular flexibility index (Phi) is 557. The number of hydrogen-bond acceptors (Lipinski definition) is 0. The Labute approximate surface area is 144 Å². The van der Waals surface area contributed by atoms with E-state index in [0.29, 0.717) is 0 Å². The molecule has 0 fully saturated rings. The van der Waals surface area contributed by atoms with Gasteiger partial charge in [0.05, 0.1) is 0 Å². The third-order valence-corrected chi connectivity index (χ3v) is 0. The van der Waals surface area contributed by atoms with E-state index in [9.17, 15) is 0 Å². The fraction of sp³-hybridized carbons (Fsp3) is 1.00. The average Bonchev–Trinajstić information content (AvgIpc) is 2.23. The van der Waals surface area contributed by atoms with Gasteiger partial charge >= 0.3 is 0 Å². The van der Waals surface area contributed by atoms with Crippen LogP contribution in [0.1, 0.15) is 144 Å². The van der Waals surface area contributed by atoms with Crippen LogP contribution in [0.4, 0.5) is 0 Å². The normalized spacial score (nSPS) is 5.14. The van der Waals surface area contributed by atoms with Crippen molar-refractivity contribution in [2.75, 3.05) is 0 Å². The first-order valence-corrected chi connectivity index (χ1v) is 8.49. The summed E-state index contributed by atoms with van der Waals surface area (Å²) in [4.78, 5) is 0. The van der Waals surface area contributed by atoms with Crippen LogP contribution in [0, 0.1) is 0 Å². The van der Waals surface area contributed by atoms with Crippen molar-refractivity contribution in [1.82, 2.24) is 0 Å². The summed E-state index contributed by atoms with van der Waals surface area (Å²) < 4.78 is 0. The third kappa shape index (κ3) is 0. The van der Waals surface area contributed by atoms with E-state index in [4.69, 9.17) is 0 Å². The summed E-state index contributed by atoms with van der Waals surface area (Å²) in [7, 11) is 0. The Balaban J connectivity index is -0.0000000114. The zero-order valence-corrected chi connectivity index (χ0v) is 16.2. The van der Waals surface area contributed by atoms with E-state index in [1.54, 1.807) is 0 Å². The van der Waals surface area contributed by atoms with Crippen molar-refractivity contribution >= 4 is 0 Å². The van der Waals surface area contributed by atoms with Gasteiger partial charge in [-0.05, 0) is 0 Å². The molecular formula is C21H60. The van der Waals surface area contributed by atoms with Gasteiger partial charge < -0.3 is 0 Å². The van der Waals surface area contributed by atoms with Gasteiger partial charge in [0, 0.05) is 0 Å². The SMILES string of the molecule is C.C.C.CCC.CCC.CCC.CCC.CCC.CCC. The lowest BCUT2D eigenvalue weighted by Crippen LogP contribution is -1.27. The van der Waals surface area contributed by atoms with E-state index >= 15 is 0 Å². The van der Waals surface area contributed by atoms with Crippen molar-refractivity contribution in [2.45, 2.75) is 144 Å². The van der Waals surface area contributed by atoms with Crippen molar-refractivity contribution in [3.63, 3.8) is 0 Å². The van der Waals surface area contributed by atoms with Crippen LogP contribution in [0.2, 0.25) is 0 Å².